The van der Waals surface area contributed by atoms with Gasteiger partial charge in [-0.1, -0.05) is 18.2 Å². The van der Waals surface area contributed by atoms with Gasteiger partial charge >= 0.3 is 0 Å². The first kappa shape index (κ1) is 15.7. The number of ether oxygens (including phenoxy) is 1. The van der Waals surface area contributed by atoms with Gasteiger partial charge in [0.05, 0.1) is 13.2 Å². The fourth-order valence-electron chi connectivity index (χ4n) is 3.34. The third-order valence-electron chi connectivity index (χ3n) is 4.54. The molecule has 3 rings (SSSR count). The fraction of sp³-hybridized carbons (Fsp3) is 0.588. The van der Waals surface area contributed by atoms with Gasteiger partial charge in [0.15, 0.2) is 0 Å². The van der Waals surface area contributed by atoms with E-state index in [2.05, 4.69) is 15.9 Å². The fourth-order valence-corrected chi connectivity index (χ4v) is 4.25. The van der Waals surface area contributed by atoms with Crippen LogP contribution in [0.3, 0.4) is 0 Å². The van der Waals surface area contributed by atoms with Gasteiger partial charge in [0, 0.05) is 36.7 Å². The van der Waals surface area contributed by atoms with E-state index in [1.165, 1.54) is 5.56 Å². The van der Waals surface area contributed by atoms with Crippen LogP contribution in [0.15, 0.2) is 24.3 Å². The molecule has 4 nitrogen and oxygen atoms in total. The van der Waals surface area contributed by atoms with Gasteiger partial charge in [0.2, 0.25) is 5.91 Å². The van der Waals surface area contributed by atoms with Crippen molar-refractivity contribution in [2.75, 3.05) is 38.2 Å². The van der Waals surface area contributed by atoms with Gasteiger partial charge in [-0.25, -0.2) is 0 Å². The topological polar surface area (TPSA) is 32.8 Å². The number of para-hydroxylation sites is 1. The van der Waals surface area contributed by atoms with Crippen LogP contribution in [0.25, 0.3) is 0 Å². The van der Waals surface area contributed by atoms with Crippen molar-refractivity contribution >= 4 is 17.7 Å². The van der Waals surface area contributed by atoms with E-state index < -0.39 is 0 Å². The molecule has 1 aromatic rings. The molecular formula is C17H24N2O2S. The summed E-state index contributed by atoms with van der Waals surface area (Å²) < 4.78 is 5.44. The predicted octanol–water partition coefficient (Wildman–Crippen LogP) is 2.24. The minimum absolute atomic E-state index is 0.0491. The molecule has 2 fully saturated rings. The lowest BCUT2D eigenvalue weighted by atomic mass is 10.1. The number of thioether (sulfide) groups is 1. The molecule has 0 saturated carbocycles. The lowest BCUT2D eigenvalue weighted by molar-refractivity contribution is -0.135. The second-order valence-electron chi connectivity index (χ2n) is 5.88. The van der Waals surface area contributed by atoms with Crippen LogP contribution < -0.4 is 4.74 Å². The molecule has 2 aliphatic rings. The SMILES string of the molecule is COc1ccccc1CN1CCCC1C(=O)N1CCSCC1. The molecule has 120 valence electrons. The zero-order chi connectivity index (χ0) is 15.4. The lowest BCUT2D eigenvalue weighted by Gasteiger charge is -2.32. The number of methoxy groups -OCH3 is 1. The van der Waals surface area contributed by atoms with Crippen molar-refractivity contribution in [2.45, 2.75) is 25.4 Å². The number of nitrogens with zero attached hydrogens (tertiary/aromatic N) is 2. The molecular weight excluding hydrogens is 296 g/mol. The summed E-state index contributed by atoms with van der Waals surface area (Å²) in [4.78, 5) is 17.2. The average molecular weight is 320 g/mol. The summed E-state index contributed by atoms with van der Waals surface area (Å²) in [5.74, 6) is 3.39. The molecule has 0 spiro atoms. The number of amides is 1. The quantitative estimate of drug-likeness (QED) is 0.852. The number of carbonyl (C=O) groups is 1. The summed E-state index contributed by atoms with van der Waals surface area (Å²) in [5.41, 5.74) is 1.17. The highest BCUT2D eigenvalue weighted by molar-refractivity contribution is 7.99. The van der Waals surface area contributed by atoms with E-state index in [9.17, 15) is 4.79 Å². The van der Waals surface area contributed by atoms with Gasteiger partial charge in [-0.3, -0.25) is 9.69 Å². The van der Waals surface area contributed by atoms with Crippen LogP contribution in [0.1, 0.15) is 18.4 Å². The molecule has 1 unspecified atom stereocenters. The Hall–Kier alpha value is -1.20. The van der Waals surface area contributed by atoms with E-state index >= 15 is 0 Å². The number of benzene rings is 1. The third kappa shape index (κ3) is 3.41. The van der Waals surface area contributed by atoms with Gasteiger partial charge < -0.3 is 9.64 Å². The van der Waals surface area contributed by atoms with Crippen LogP contribution in [0, 0.1) is 0 Å². The van der Waals surface area contributed by atoms with Gasteiger partial charge in [-0.15, -0.1) is 0 Å². The second kappa shape index (κ2) is 7.38. The van der Waals surface area contributed by atoms with Crippen molar-refractivity contribution in [3.05, 3.63) is 29.8 Å². The molecule has 2 saturated heterocycles. The number of hydrogen-bond acceptors (Lipinski definition) is 4. The molecule has 1 aromatic carbocycles. The Labute approximate surface area is 136 Å². The predicted molar refractivity (Wildman–Crippen MR) is 90.3 cm³/mol. The summed E-state index contributed by atoms with van der Waals surface area (Å²) in [6, 6.07) is 8.15. The van der Waals surface area contributed by atoms with Crippen LogP contribution in [-0.2, 0) is 11.3 Å². The largest absolute Gasteiger partial charge is 0.496 e. The normalized spacial score (nSPS) is 22.8. The smallest absolute Gasteiger partial charge is 0.239 e. The van der Waals surface area contributed by atoms with Gasteiger partial charge in [-0.2, -0.15) is 11.8 Å². The lowest BCUT2D eigenvalue weighted by Crippen LogP contribution is -2.48. The molecule has 22 heavy (non-hydrogen) atoms. The van der Waals surface area contributed by atoms with E-state index in [1.807, 2.05) is 30.0 Å². The molecule has 1 amide bonds. The van der Waals surface area contributed by atoms with Crippen molar-refractivity contribution in [2.24, 2.45) is 0 Å². The molecule has 2 heterocycles. The monoisotopic (exact) mass is 320 g/mol. The third-order valence-corrected chi connectivity index (χ3v) is 5.48. The summed E-state index contributed by atoms with van der Waals surface area (Å²) in [7, 11) is 1.71. The maximum Gasteiger partial charge on any atom is 0.239 e. The molecule has 0 aliphatic carbocycles. The van der Waals surface area contributed by atoms with E-state index in [-0.39, 0.29) is 6.04 Å². The maximum absolute atomic E-state index is 12.8. The number of likely N-dealkylation sites (tertiary alicyclic amines) is 1. The molecule has 0 bridgehead atoms. The summed E-state index contributed by atoms with van der Waals surface area (Å²) in [6.07, 6.45) is 2.09. The summed E-state index contributed by atoms with van der Waals surface area (Å²) in [6.45, 7) is 3.60. The van der Waals surface area contributed by atoms with Gasteiger partial charge in [0.25, 0.3) is 0 Å². The Balaban J connectivity index is 1.68. The minimum atomic E-state index is 0.0491. The van der Waals surface area contributed by atoms with Crippen molar-refractivity contribution in [1.29, 1.82) is 0 Å². The molecule has 0 aromatic heterocycles. The van der Waals surface area contributed by atoms with E-state index in [0.717, 1.165) is 56.3 Å². The second-order valence-corrected chi connectivity index (χ2v) is 7.10. The first-order valence-corrected chi connectivity index (χ1v) is 9.17. The molecule has 0 N–H and O–H groups in total. The van der Waals surface area contributed by atoms with E-state index in [0.29, 0.717) is 5.91 Å². The highest BCUT2D eigenvalue weighted by atomic mass is 32.2. The van der Waals surface area contributed by atoms with Crippen molar-refractivity contribution in [3.8, 4) is 5.75 Å². The standard InChI is InChI=1S/C17H24N2O2S/c1-21-16-7-3-2-5-14(16)13-19-8-4-6-15(19)17(20)18-9-11-22-12-10-18/h2-3,5,7,15H,4,6,8-13H2,1H3. The van der Waals surface area contributed by atoms with Crippen LogP contribution in [-0.4, -0.2) is 60.0 Å². The summed E-state index contributed by atoms with van der Waals surface area (Å²) >= 11 is 1.94. The number of carbonyl (C=O) groups excluding carboxylic acids is 1. The van der Waals surface area contributed by atoms with Crippen LogP contribution in [0.4, 0.5) is 0 Å². The van der Waals surface area contributed by atoms with Gasteiger partial charge in [0.1, 0.15) is 5.75 Å². The number of hydrogen-bond donors (Lipinski definition) is 0. The van der Waals surface area contributed by atoms with Crippen LogP contribution in [0.2, 0.25) is 0 Å². The Bertz CT molecular complexity index is 517. The van der Waals surface area contributed by atoms with Gasteiger partial charge in [-0.05, 0) is 25.5 Å². The Morgan fingerprint density at radius 1 is 1.27 bits per heavy atom. The Morgan fingerprint density at radius 2 is 2.05 bits per heavy atom. The minimum Gasteiger partial charge on any atom is -0.496 e. The zero-order valence-corrected chi connectivity index (χ0v) is 14.0. The summed E-state index contributed by atoms with van der Waals surface area (Å²) in [5, 5.41) is 0. The highest BCUT2D eigenvalue weighted by Gasteiger charge is 2.34. The zero-order valence-electron chi connectivity index (χ0n) is 13.2. The van der Waals surface area contributed by atoms with E-state index in [4.69, 9.17) is 4.74 Å². The van der Waals surface area contributed by atoms with E-state index in [1.54, 1.807) is 7.11 Å². The van der Waals surface area contributed by atoms with Crippen molar-refractivity contribution in [1.82, 2.24) is 9.80 Å². The molecule has 1 atom stereocenters. The van der Waals surface area contributed by atoms with Crippen molar-refractivity contribution < 1.29 is 9.53 Å². The van der Waals surface area contributed by atoms with Crippen LogP contribution >= 0.6 is 11.8 Å². The maximum atomic E-state index is 12.8. The highest BCUT2D eigenvalue weighted by Crippen LogP contribution is 2.26. The molecule has 5 heteroatoms. The van der Waals surface area contributed by atoms with Crippen LogP contribution in [0.5, 0.6) is 5.75 Å². The number of rotatable bonds is 4. The Kier molecular flexibility index (Phi) is 5.26. The Morgan fingerprint density at radius 3 is 2.82 bits per heavy atom. The molecule has 0 radical (unpaired) electrons. The average Bonchev–Trinajstić information content (AvgIpc) is 3.03. The van der Waals surface area contributed by atoms with Crippen molar-refractivity contribution in [3.63, 3.8) is 0 Å². The first-order valence-electron chi connectivity index (χ1n) is 8.02. The molecule has 2 aliphatic heterocycles. The first-order chi connectivity index (χ1) is 10.8.